The summed E-state index contributed by atoms with van der Waals surface area (Å²) >= 11 is 0. The normalized spacial score (nSPS) is 11.9. The SMILES string of the molecule is CCOC(=O)CCCC(CC)C(=O)OC. The Morgan fingerprint density at radius 2 is 1.93 bits per heavy atom. The van der Waals surface area contributed by atoms with Gasteiger partial charge in [0.25, 0.3) is 0 Å². The molecule has 4 heteroatoms. The second-order valence-electron chi connectivity index (χ2n) is 3.33. The van der Waals surface area contributed by atoms with E-state index in [-0.39, 0.29) is 17.9 Å². The molecule has 0 amide bonds. The van der Waals surface area contributed by atoms with Crippen LogP contribution in [0.15, 0.2) is 0 Å². The monoisotopic (exact) mass is 216 g/mol. The lowest BCUT2D eigenvalue weighted by Crippen LogP contribution is -2.16. The molecule has 4 nitrogen and oxygen atoms in total. The molecule has 0 spiro atoms. The van der Waals surface area contributed by atoms with Gasteiger partial charge in [-0.2, -0.15) is 0 Å². The first-order valence-corrected chi connectivity index (χ1v) is 5.39. The fraction of sp³-hybridized carbons (Fsp3) is 0.818. The van der Waals surface area contributed by atoms with Crippen molar-refractivity contribution in [1.29, 1.82) is 0 Å². The van der Waals surface area contributed by atoms with E-state index in [4.69, 9.17) is 4.74 Å². The van der Waals surface area contributed by atoms with Gasteiger partial charge in [0.05, 0.1) is 19.6 Å². The van der Waals surface area contributed by atoms with Crippen molar-refractivity contribution < 1.29 is 19.1 Å². The van der Waals surface area contributed by atoms with E-state index in [0.717, 1.165) is 6.42 Å². The molecular weight excluding hydrogens is 196 g/mol. The van der Waals surface area contributed by atoms with Gasteiger partial charge in [-0.1, -0.05) is 6.92 Å². The molecule has 0 N–H and O–H groups in total. The van der Waals surface area contributed by atoms with Gasteiger partial charge in [-0.05, 0) is 26.2 Å². The number of hydrogen-bond donors (Lipinski definition) is 0. The van der Waals surface area contributed by atoms with Crippen LogP contribution in [0.1, 0.15) is 39.5 Å². The van der Waals surface area contributed by atoms with Gasteiger partial charge in [0.2, 0.25) is 0 Å². The zero-order chi connectivity index (χ0) is 11.7. The highest BCUT2D eigenvalue weighted by molar-refractivity contribution is 5.72. The lowest BCUT2D eigenvalue weighted by molar-refractivity contribution is -0.147. The topological polar surface area (TPSA) is 52.6 Å². The summed E-state index contributed by atoms with van der Waals surface area (Å²) in [5.74, 6) is -0.483. The molecule has 1 atom stereocenters. The molecule has 1 unspecified atom stereocenters. The van der Waals surface area contributed by atoms with E-state index in [1.807, 2.05) is 6.92 Å². The van der Waals surface area contributed by atoms with Crippen LogP contribution in [0.3, 0.4) is 0 Å². The first-order chi connectivity index (χ1) is 7.15. The van der Waals surface area contributed by atoms with Crippen molar-refractivity contribution in [3.63, 3.8) is 0 Å². The van der Waals surface area contributed by atoms with Crippen molar-refractivity contribution in [2.24, 2.45) is 5.92 Å². The largest absolute Gasteiger partial charge is 0.469 e. The quantitative estimate of drug-likeness (QED) is 0.610. The maximum absolute atomic E-state index is 11.2. The molecule has 0 saturated carbocycles. The number of rotatable bonds is 7. The molecule has 0 bridgehead atoms. The van der Waals surface area contributed by atoms with Crippen LogP contribution in [-0.2, 0) is 19.1 Å². The molecule has 15 heavy (non-hydrogen) atoms. The minimum atomic E-state index is -0.197. The maximum Gasteiger partial charge on any atom is 0.308 e. The Bertz CT molecular complexity index is 201. The van der Waals surface area contributed by atoms with Gasteiger partial charge in [-0.3, -0.25) is 9.59 Å². The lowest BCUT2D eigenvalue weighted by Gasteiger charge is -2.11. The zero-order valence-electron chi connectivity index (χ0n) is 9.75. The number of methoxy groups -OCH3 is 1. The van der Waals surface area contributed by atoms with Crippen molar-refractivity contribution >= 4 is 11.9 Å². The van der Waals surface area contributed by atoms with Crippen molar-refractivity contribution in [3.05, 3.63) is 0 Å². The average molecular weight is 216 g/mol. The summed E-state index contributed by atoms with van der Waals surface area (Å²) in [7, 11) is 1.39. The van der Waals surface area contributed by atoms with Crippen LogP contribution in [0.4, 0.5) is 0 Å². The fourth-order valence-electron chi connectivity index (χ4n) is 1.38. The Morgan fingerprint density at radius 1 is 1.27 bits per heavy atom. The Labute approximate surface area is 90.9 Å². The molecule has 0 aliphatic heterocycles. The third-order valence-corrected chi connectivity index (χ3v) is 2.27. The van der Waals surface area contributed by atoms with E-state index in [0.29, 0.717) is 25.9 Å². The third-order valence-electron chi connectivity index (χ3n) is 2.27. The van der Waals surface area contributed by atoms with Crippen LogP contribution in [0.5, 0.6) is 0 Å². The molecule has 0 radical (unpaired) electrons. The van der Waals surface area contributed by atoms with Gasteiger partial charge in [-0.25, -0.2) is 0 Å². The predicted octanol–water partition coefficient (Wildman–Crippen LogP) is 1.92. The van der Waals surface area contributed by atoms with Crippen LogP contribution in [-0.4, -0.2) is 25.7 Å². The minimum absolute atomic E-state index is 0.0931. The van der Waals surface area contributed by atoms with E-state index in [9.17, 15) is 9.59 Å². The summed E-state index contributed by atoms with van der Waals surface area (Å²) in [4.78, 5) is 22.2. The molecule has 0 heterocycles. The van der Waals surface area contributed by atoms with Gasteiger partial charge in [-0.15, -0.1) is 0 Å². The van der Waals surface area contributed by atoms with Gasteiger partial charge < -0.3 is 9.47 Å². The molecule has 0 saturated heterocycles. The highest BCUT2D eigenvalue weighted by Crippen LogP contribution is 2.14. The summed E-state index contributed by atoms with van der Waals surface area (Å²) in [6.45, 7) is 4.13. The molecule has 0 aromatic carbocycles. The summed E-state index contributed by atoms with van der Waals surface area (Å²) < 4.78 is 9.44. The molecular formula is C11H20O4. The molecule has 0 aromatic rings. The first kappa shape index (κ1) is 13.9. The van der Waals surface area contributed by atoms with E-state index >= 15 is 0 Å². The van der Waals surface area contributed by atoms with E-state index < -0.39 is 0 Å². The van der Waals surface area contributed by atoms with Gasteiger partial charge in [0, 0.05) is 6.42 Å². The van der Waals surface area contributed by atoms with E-state index in [1.54, 1.807) is 6.92 Å². The molecule has 0 aromatic heterocycles. The maximum atomic E-state index is 11.2. The zero-order valence-corrected chi connectivity index (χ0v) is 9.75. The molecule has 88 valence electrons. The Kier molecular flexibility index (Phi) is 7.68. The Balaban J connectivity index is 3.72. The van der Waals surface area contributed by atoms with Crippen LogP contribution in [0.2, 0.25) is 0 Å². The predicted molar refractivity (Wildman–Crippen MR) is 56.3 cm³/mol. The van der Waals surface area contributed by atoms with Crippen molar-refractivity contribution in [1.82, 2.24) is 0 Å². The third kappa shape index (κ3) is 6.10. The van der Waals surface area contributed by atoms with Crippen molar-refractivity contribution in [3.8, 4) is 0 Å². The standard InChI is InChI=1S/C11H20O4/c1-4-9(11(13)14-3)7-6-8-10(12)15-5-2/h9H,4-8H2,1-3H3. The number of hydrogen-bond acceptors (Lipinski definition) is 4. The fourth-order valence-corrected chi connectivity index (χ4v) is 1.38. The lowest BCUT2D eigenvalue weighted by atomic mass is 9.99. The highest BCUT2D eigenvalue weighted by Gasteiger charge is 2.16. The van der Waals surface area contributed by atoms with Crippen LogP contribution >= 0.6 is 0 Å². The summed E-state index contributed by atoms with van der Waals surface area (Å²) in [5.41, 5.74) is 0. The summed E-state index contributed by atoms with van der Waals surface area (Å²) in [6.07, 6.45) is 2.48. The Morgan fingerprint density at radius 3 is 2.40 bits per heavy atom. The number of ether oxygens (including phenoxy) is 2. The molecule has 0 rings (SSSR count). The van der Waals surface area contributed by atoms with Crippen LogP contribution < -0.4 is 0 Å². The number of esters is 2. The summed E-state index contributed by atoms with van der Waals surface area (Å²) in [5, 5.41) is 0. The number of carbonyl (C=O) groups is 2. The molecule has 0 aliphatic carbocycles. The highest BCUT2D eigenvalue weighted by atomic mass is 16.5. The van der Waals surface area contributed by atoms with Crippen LogP contribution in [0, 0.1) is 5.92 Å². The van der Waals surface area contributed by atoms with Gasteiger partial charge >= 0.3 is 11.9 Å². The molecule has 0 fully saturated rings. The van der Waals surface area contributed by atoms with Gasteiger partial charge in [0.1, 0.15) is 0 Å². The average Bonchev–Trinajstić information content (AvgIpc) is 2.24. The summed E-state index contributed by atoms with van der Waals surface area (Å²) in [6, 6.07) is 0. The second kappa shape index (κ2) is 8.26. The van der Waals surface area contributed by atoms with E-state index in [2.05, 4.69) is 4.74 Å². The van der Waals surface area contributed by atoms with Crippen molar-refractivity contribution in [2.45, 2.75) is 39.5 Å². The Hall–Kier alpha value is -1.06. The number of carbonyl (C=O) groups excluding carboxylic acids is 2. The van der Waals surface area contributed by atoms with Crippen LogP contribution in [0.25, 0.3) is 0 Å². The van der Waals surface area contributed by atoms with E-state index in [1.165, 1.54) is 7.11 Å². The van der Waals surface area contributed by atoms with Crippen molar-refractivity contribution in [2.75, 3.05) is 13.7 Å². The second-order valence-corrected chi connectivity index (χ2v) is 3.33. The smallest absolute Gasteiger partial charge is 0.308 e. The molecule has 0 aliphatic rings. The van der Waals surface area contributed by atoms with Gasteiger partial charge in [0.15, 0.2) is 0 Å². The minimum Gasteiger partial charge on any atom is -0.469 e. The first-order valence-electron chi connectivity index (χ1n) is 5.39.